The van der Waals surface area contributed by atoms with E-state index in [4.69, 9.17) is 16.3 Å². The number of benzene rings is 2. The smallest absolute Gasteiger partial charge is 0.240 e. The van der Waals surface area contributed by atoms with Gasteiger partial charge in [-0.3, -0.25) is 0 Å². The molecule has 0 saturated carbocycles. The van der Waals surface area contributed by atoms with Crippen molar-refractivity contribution in [1.82, 2.24) is 4.72 Å². The number of halogens is 1. The molecule has 0 bridgehead atoms. The highest BCUT2D eigenvalue weighted by atomic mass is 35.5. The average molecular weight is 463 g/mol. The Morgan fingerprint density at radius 3 is 2.39 bits per heavy atom. The molecule has 5 nitrogen and oxygen atoms in total. The second-order valence-electron chi connectivity index (χ2n) is 7.15. The average Bonchev–Trinajstić information content (AvgIpc) is 2.77. The molecular weight excluding hydrogens is 432 g/mol. The van der Waals surface area contributed by atoms with Crippen LogP contribution in [0.1, 0.15) is 32.8 Å². The molecule has 0 unspecified atom stereocenters. The van der Waals surface area contributed by atoms with Crippen molar-refractivity contribution < 1.29 is 13.2 Å². The lowest BCUT2D eigenvalue weighted by atomic mass is 10.1. The molecule has 2 aromatic rings. The van der Waals surface area contributed by atoms with Crippen molar-refractivity contribution in [3.63, 3.8) is 0 Å². The summed E-state index contributed by atoms with van der Waals surface area (Å²) in [6.07, 6.45) is 4.75. The third kappa shape index (κ3) is 6.60. The minimum Gasteiger partial charge on any atom is -0.497 e. The number of sulfonamides is 1. The van der Waals surface area contributed by atoms with Crippen molar-refractivity contribution >= 4 is 27.3 Å². The molecule has 0 fully saturated rings. The Balaban J connectivity index is 2.15. The minimum absolute atomic E-state index is 0.217. The summed E-state index contributed by atoms with van der Waals surface area (Å²) in [7, 11) is -2.04. The number of allylic oxidation sites excluding steroid dienone is 3. The van der Waals surface area contributed by atoms with Crippen molar-refractivity contribution in [1.29, 1.82) is 0 Å². The molecule has 0 aliphatic carbocycles. The summed E-state index contributed by atoms with van der Waals surface area (Å²) in [5.74, 6) is 0.615. The number of methoxy groups -OCH3 is 1. The highest BCUT2D eigenvalue weighted by Gasteiger charge is 2.17. The summed E-state index contributed by atoms with van der Waals surface area (Å²) < 4.78 is 33.0. The third-order valence-corrected chi connectivity index (χ3v) is 6.80. The molecule has 0 amide bonds. The summed E-state index contributed by atoms with van der Waals surface area (Å²) >= 11 is 6.27. The SMILES string of the molecule is CC=C(C)C(=CC)N(CCCNS(=O)(=O)c1ccc(OC)cc1)c1cc(Cl)ccc1C. The summed E-state index contributed by atoms with van der Waals surface area (Å²) in [4.78, 5) is 2.41. The number of aryl methyl sites for hydroxylation is 1. The van der Waals surface area contributed by atoms with Crippen LogP contribution in [0.3, 0.4) is 0 Å². The summed E-state index contributed by atoms with van der Waals surface area (Å²) in [5, 5.41) is 0.666. The topological polar surface area (TPSA) is 58.6 Å². The number of hydrogen-bond acceptors (Lipinski definition) is 4. The van der Waals surface area contributed by atoms with Gasteiger partial charge in [0.15, 0.2) is 0 Å². The van der Waals surface area contributed by atoms with Gasteiger partial charge in [-0.2, -0.15) is 0 Å². The second kappa shape index (κ2) is 11.4. The fourth-order valence-corrected chi connectivity index (χ4v) is 4.51. The Bertz CT molecular complexity index is 1040. The zero-order chi connectivity index (χ0) is 23.0. The number of nitrogens with one attached hydrogen (secondary N) is 1. The highest BCUT2D eigenvalue weighted by Crippen LogP contribution is 2.30. The van der Waals surface area contributed by atoms with Gasteiger partial charge in [-0.1, -0.05) is 29.8 Å². The molecule has 31 heavy (non-hydrogen) atoms. The van der Waals surface area contributed by atoms with Gasteiger partial charge in [-0.05, 0) is 81.7 Å². The van der Waals surface area contributed by atoms with Gasteiger partial charge >= 0.3 is 0 Å². The van der Waals surface area contributed by atoms with Gasteiger partial charge in [0, 0.05) is 29.5 Å². The first-order valence-corrected chi connectivity index (χ1v) is 12.1. The van der Waals surface area contributed by atoms with Crippen LogP contribution < -0.4 is 14.4 Å². The molecule has 0 atom stereocenters. The van der Waals surface area contributed by atoms with Gasteiger partial charge in [0.05, 0.1) is 12.0 Å². The van der Waals surface area contributed by atoms with Crippen molar-refractivity contribution in [3.05, 3.63) is 76.5 Å². The first kappa shape index (κ1) is 25.0. The molecule has 1 N–H and O–H groups in total. The molecule has 0 aliphatic heterocycles. The van der Waals surface area contributed by atoms with Crippen LogP contribution >= 0.6 is 11.6 Å². The molecule has 0 aromatic heterocycles. The summed E-state index contributed by atoms with van der Waals surface area (Å²) in [6.45, 7) is 9.07. The predicted molar refractivity (Wildman–Crippen MR) is 130 cm³/mol. The van der Waals surface area contributed by atoms with Crippen molar-refractivity contribution in [2.75, 3.05) is 25.1 Å². The lowest BCUT2D eigenvalue weighted by molar-refractivity contribution is 0.414. The van der Waals surface area contributed by atoms with E-state index in [9.17, 15) is 8.42 Å². The van der Waals surface area contributed by atoms with E-state index in [0.717, 1.165) is 22.5 Å². The maximum Gasteiger partial charge on any atom is 0.240 e. The van der Waals surface area contributed by atoms with Crippen LogP contribution in [0.4, 0.5) is 5.69 Å². The number of ether oxygens (including phenoxy) is 1. The van der Waals surface area contributed by atoms with Gasteiger partial charge in [-0.25, -0.2) is 13.1 Å². The van der Waals surface area contributed by atoms with Crippen LogP contribution in [0, 0.1) is 6.92 Å². The third-order valence-electron chi connectivity index (χ3n) is 5.08. The minimum atomic E-state index is -3.58. The Morgan fingerprint density at radius 1 is 1.13 bits per heavy atom. The standard InChI is InChI=1S/C24H31ClN2O3S/c1-6-18(3)23(7-2)27(24-17-20(25)10-9-19(24)4)16-8-15-26-31(28,29)22-13-11-21(30-5)12-14-22/h6-7,9-14,17,26H,8,15-16H2,1-5H3. The van der Waals surface area contributed by atoms with Crippen molar-refractivity contribution in [2.45, 2.75) is 39.0 Å². The molecule has 168 valence electrons. The first-order chi connectivity index (χ1) is 14.7. The van der Waals surface area contributed by atoms with Gasteiger partial charge in [0.2, 0.25) is 10.0 Å². The lowest BCUT2D eigenvalue weighted by Gasteiger charge is -2.30. The molecule has 7 heteroatoms. The highest BCUT2D eigenvalue weighted by molar-refractivity contribution is 7.89. The van der Waals surface area contributed by atoms with Gasteiger partial charge < -0.3 is 9.64 Å². The van der Waals surface area contributed by atoms with Crippen molar-refractivity contribution in [3.8, 4) is 5.75 Å². The van der Waals surface area contributed by atoms with E-state index in [-0.39, 0.29) is 4.90 Å². The molecule has 0 saturated heterocycles. The fraction of sp³-hybridized carbons (Fsp3) is 0.333. The Hall–Kier alpha value is -2.28. The Kier molecular flexibility index (Phi) is 9.16. The Labute approximate surface area is 191 Å². The molecule has 0 radical (unpaired) electrons. The molecular formula is C24H31ClN2O3S. The quantitative estimate of drug-likeness (QED) is 0.363. The van der Waals surface area contributed by atoms with E-state index >= 15 is 0 Å². The van der Waals surface area contributed by atoms with Gasteiger partial charge in [-0.15, -0.1) is 0 Å². The Morgan fingerprint density at radius 2 is 1.81 bits per heavy atom. The van der Waals surface area contributed by atoms with Crippen LogP contribution in [0.2, 0.25) is 5.02 Å². The van der Waals surface area contributed by atoms with E-state index in [2.05, 4.69) is 28.7 Å². The van der Waals surface area contributed by atoms with E-state index in [1.807, 2.05) is 39.0 Å². The molecule has 2 aromatic carbocycles. The predicted octanol–water partition coefficient (Wildman–Crippen LogP) is 5.70. The monoisotopic (exact) mass is 462 g/mol. The number of hydrogen-bond donors (Lipinski definition) is 1. The zero-order valence-electron chi connectivity index (χ0n) is 18.8. The fourth-order valence-electron chi connectivity index (χ4n) is 3.27. The normalized spacial score (nSPS) is 12.7. The lowest BCUT2D eigenvalue weighted by Crippen LogP contribution is -2.30. The van der Waals surface area contributed by atoms with Crippen LogP contribution in [-0.2, 0) is 10.0 Å². The van der Waals surface area contributed by atoms with Gasteiger partial charge in [0.1, 0.15) is 5.75 Å². The van der Waals surface area contributed by atoms with Crippen LogP contribution in [-0.4, -0.2) is 28.6 Å². The van der Waals surface area contributed by atoms with E-state index in [0.29, 0.717) is 30.3 Å². The number of rotatable bonds is 10. The zero-order valence-corrected chi connectivity index (χ0v) is 20.3. The van der Waals surface area contributed by atoms with Crippen molar-refractivity contribution in [2.24, 2.45) is 0 Å². The number of nitrogens with zero attached hydrogens (tertiary/aromatic N) is 1. The van der Waals surface area contributed by atoms with Crippen LogP contribution in [0.25, 0.3) is 0 Å². The molecule has 2 rings (SSSR count). The van der Waals surface area contributed by atoms with Gasteiger partial charge in [0.25, 0.3) is 0 Å². The molecule has 0 heterocycles. The number of anilines is 1. The van der Waals surface area contributed by atoms with E-state index in [1.54, 1.807) is 19.2 Å². The van der Waals surface area contributed by atoms with Crippen LogP contribution in [0.15, 0.2) is 70.8 Å². The summed E-state index contributed by atoms with van der Waals surface area (Å²) in [6, 6.07) is 12.2. The largest absolute Gasteiger partial charge is 0.497 e. The maximum atomic E-state index is 12.6. The van der Waals surface area contributed by atoms with Crippen LogP contribution in [0.5, 0.6) is 5.75 Å². The maximum absolute atomic E-state index is 12.6. The second-order valence-corrected chi connectivity index (χ2v) is 9.36. The first-order valence-electron chi connectivity index (χ1n) is 10.2. The van der Waals surface area contributed by atoms with E-state index in [1.165, 1.54) is 12.1 Å². The molecule has 0 aliphatic rings. The van der Waals surface area contributed by atoms with E-state index < -0.39 is 10.0 Å². The summed E-state index contributed by atoms with van der Waals surface area (Å²) in [5.41, 5.74) is 4.33. The molecule has 0 spiro atoms.